The molecule has 1 atom stereocenters. The highest BCUT2D eigenvalue weighted by Gasteiger charge is 2.35. The van der Waals surface area contributed by atoms with Gasteiger partial charge in [0, 0.05) is 23.2 Å². The Labute approximate surface area is 196 Å². The normalized spacial score (nSPS) is 17.2. The molecule has 0 saturated carbocycles. The van der Waals surface area contributed by atoms with E-state index in [-0.39, 0.29) is 23.5 Å². The lowest BCUT2D eigenvalue weighted by Crippen LogP contribution is -2.40. The van der Waals surface area contributed by atoms with Crippen molar-refractivity contribution >= 4 is 27.3 Å². The molecule has 1 amide bonds. The monoisotopic (exact) mass is 477 g/mol. The molecule has 0 spiro atoms. The van der Waals surface area contributed by atoms with Crippen molar-refractivity contribution in [1.29, 1.82) is 0 Å². The lowest BCUT2D eigenvalue weighted by Gasteiger charge is -2.28. The highest BCUT2D eigenvalue weighted by molar-refractivity contribution is 7.91. The average Bonchev–Trinajstić information content (AvgIpc) is 3.15. The van der Waals surface area contributed by atoms with E-state index >= 15 is 0 Å². The first-order valence-corrected chi connectivity index (χ1v) is 13.6. The van der Waals surface area contributed by atoms with Crippen LogP contribution in [0, 0.1) is 0 Å². The molecule has 1 heterocycles. The van der Waals surface area contributed by atoms with Gasteiger partial charge in [-0.2, -0.15) is 0 Å². The summed E-state index contributed by atoms with van der Waals surface area (Å²) in [6, 6.07) is 14.1. The summed E-state index contributed by atoms with van der Waals surface area (Å²) < 4.78 is 29.9. The third-order valence-corrected chi connectivity index (χ3v) is 7.80. The third kappa shape index (κ3) is 7.24. The predicted octanol–water partition coefficient (Wildman–Crippen LogP) is 5.52. The van der Waals surface area contributed by atoms with E-state index in [0.717, 1.165) is 24.2 Å². The highest BCUT2D eigenvalue weighted by Crippen LogP contribution is 2.24. The second kappa shape index (κ2) is 11.7. The predicted molar refractivity (Wildman–Crippen MR) is 129 cm³/mol. The van der Waals surface area contributed by atoms with Gasteiger partial charge >= 0.3 is 0 Å². The fraction of sp³-hybridized carbons (Fsp3) is 0.480. The topological polar surface area (TPSA) is 63.7 Å². The largest absolute Gasteiger partial charge is 0.494 e. The average molecular weight is 478 g/mol. The van der Waals surface area contributed by atoms with Crippen LogP contribution in [0.4, 0.5) is 0 Å². The minimum atomic E-state index is -3.12. The van der Waals surface area contributed by atoms with Gasteiger partial charge in [0.1, 0.15) is 5.75 Å². The number of rotatable bonds is 11. The second-order valence-electron chi connectivity index (χ2n) is 8.40. The first-order chi connectivity index (χ1) is 15.4. The highest BCUT2D eigenvalue weighted by atomic mass is 35.5. The number of hydrogen-bond donors (Lipinski definition) is 0. The molecular weight excluding hydrogens is 446 g/mol. The summed E-state index contributed by atoms with van der Waals surface area (Å²) >= 11 is 5.98. The summed E-state index contributed by atoms with van der Waals surface area (Å²) in [6.07, 6.45) is 6.35. The summed E-state index contributed by atoms with van der Waals surface area (Å²) in [5.41, 5.74) is 1.44. The Kier molecular flexibility index (Phi) is 9.00. The van der Waals surface area contributed by atoms with Crippen LogP contribution in [0.5, 0.6) is 5.75 Å². The van der Waals surface area contributed by atoms with Crippen LogP contribution in [0.1, 0.15) is 61.4 Å². The SMILES string of the molecule is CCCCCCCOc1ccc(C(=O)N(Cc2ccc(Cl)cc2)[C@H]2CCS(=O)(=O)C2)cc1. The molecule has 7 heteroatoms. The van der Waals surface area contributed by atoms with E-state index in [9.17, 15) is 13.2 Å². The van der Waals surface area contributed by atoms with Gasteiger partial charge in [-0.3, -0.25) is 4.79 Å². The fourth-order valence-corrected chi connectivity index (χ4v) is 5.79. The Morgan fingerprint density at radius 3 is 2.34 bits per heavy atom. The van der Waals surface area contributed by atoms with Gasteiger partial charge in [0.15, 0.2) is 9.84 Å². The number of carbonyl (C=O) groups is 1. The first kappa shape index (κ1) is 24.6. The van der Waals surface area contributed by atoms with Crippen LogP contribution in [0.2, 0.25) is 5.02 Å². The smallest absolute Gasteiger partial charge is 0.254 e. The maximum absolute atomic E-state index is 13.4. The minimum absolute atomic E-state index is 0.00551. The lowest BCUT2D eigenvalue weighted by molar-refractivity contribution is 0.0681. The number of unbranched alkanes of at least 4 members (excludes halogenated alkanes) is 4. The van der Waals surface area contributed by atoms with Crippen molar-refractivity contribution in [3.63, 3.8) is 0 Å². The lowest BCUT2D eigenvalue weighted by atomic mass is 10.1. The molecule has 0 aromatic heterocycles. The molecule has 32 heavy (non-hydrogen) atoms. The van der Waals surface area contributed by atoms with Gasteiger partial charge in [-0.1, -0.05) is 56.3 Å². The van der Waals surface area contributed by atoms with Crippen LogP contribution < -0.4 is 4.74 Å². The van der Waals surface area contributed by atoms with Gasteiger partial charge in [-0.15, -0.1) is 0 Å². The van der Waals surface area contributed by atoms with E-state index in [0.29, 0.717) is 30.2 Å². The number of hydrogen-bond acceptors (Lipinski definition) is 4. The maximum Gasteiger partial charge on any atom is 0.254 e. The van der Waals surface area contributed by atoms with Gasteiger partial charge in [0.2, 0.25) is 0 Å². The van der Waals surface area contributed by atoms with E-state index in [4.69, 9.17) is 16.3 Å². The van der Waals surface area contributed by atoms with Crippen LogP contribution in [-0.4, -0.2) is 43.4 Å². The summed E-state index contributed by atoms with van der Waals surface area (Å²) in [5, 5.41) is 0.621. The van der Waals surface area contributed by atoms with Crippen LogP contribution in [0.15, 0.2) is 48.5 Å². The number of ether oxygens (including phenoxy) is 1. The minimum Gasteiger partial charge on any atom is -0.494 e. The number of nitrogens with zero attached hydrogens (tertiary/aromatic N) is 1. The van der Waals surface area contributed by atoms with Crippen LogP contribution in [-0.2, 0) is 16.4 Å². The molecule has 0 bridgehead atoms. The summed E-state index contributed by atoms with van der Waals surface area (Å²) in [5.74, 6) is 0.691. The molecule has 0 unspecified atom stereocenters. The van der Waals surface area contributed by atoms with Crippen molar-refractivity contribution in [2.75, 3.05) is 18.1 Å². The Morgan fingerprint density at radius 2 is 1.72 bits per heavy atom. The van der Waals surface area contributed by atoms with E-state index in [1.165, 1.54) is 19.3 Å². The van der Waals surface area contributed by atoms with Gasteiger partial charge in [-0.25, -0.2) is 8.42 Å². The Balaban J connectivity index is 1.66. The first-order valence-electron chi connectivity index (χ1n) is 11.4. The molecule has 1 aliphatic heterocycles. The zero-order chi connectivity index (χ0) is 23.0. The van der Waals surface area contributed by atoms with E-state index in [1.54, 1.807) is 29.2 Å². The van der Waals surface area contributed by atoms with Gasteiger partial charge in [0.25, 0.3) is 5.91 Å². The molecule has 2 aromatic rings. The number of halogens is 1. The quantitative estimate of drug-likeness (QED) is 0.400. The van der Waals surface area contributed by atoms with Crippen molar-refractivity contribution in [2.45, 2.75) is 58.0 Å². The standard InChI is InChI=1S/C25H32ClNO4S/c1-2-3-4-5-6-16-31-24-13-9-21(10-14-24)25(28)27(23-15-17-32(29,30)19-23)18-20-7-11-22(26)12-8-20/h7-14,23H,2-6,15-19H2,1H3/t23-/m0/s1. The van der Waals surface area contributed by atoms with E-state index < -0.39 is 9.84 Å². The molecule has 0 aliphatic carbocycles. The van der Waals surface area contributed by atoms with Gasteiger partial charge in [-0.05, 0) is 54.8 Å². The van der Waals surface area contributed by atoms with Gasteiger partial charge < -0.3 is 9.64 Å². The van der Waals surface area contributed by atoms with Crippen molar-refractivity contribution in [3.05, 3.63) is 64.7 Å². The molecule has 3 rings (SSSR count). The molecule has 2 aromatic carbocycles. The zero-order valence-electron chi connectivity index (χ0n) is 18.6. The second-order valence-corrected chi connectivity index (χ2v) is 11.1. The molecule has 0 N–H and O–H groups in total. The van der Waals surface area contributed by atoms with Crippen molar-refractivity contribution in [3.8, 4) is 5.75 Å². The molecule has 1 aliphatic rings. The van der Waals surface area contributed by atoms with Gasteiger partial charge in [0.05, 0.1) is 18.1 Å². The van der Waals surface area contributed by atoms with E-state index in [1.807, 2.05) is 24.3 Å². The van der Waals surface area contributed by atoms with Crippen molar-refractivity contribution in [2.24, 2.45) is 0 Å². The Hall–Kier alpha value is -2.05. The summed E-state index contributed by atoms with van der Waals surface area (Å²) in [7, 11) is -3.12. The molecule has 5 nitrogen and oxygen atoms in total. The number of amides is 1. The molecule has 0 radical (unpaired) electrons. The van der Waals surface area contributed by atoms with Crippen molar-refractivity contribution < 1.29 is 17.9 Å². The number of sulfone groups is 1. The molecular formula is C25H32ClNO4S. The van der Waals surface area contributed by atoms with E-state index in [2.05, 4.69) is 6.92 Å². The Bertz CT molecular complexity index is 974. The van der Waals surface area contributed by atoms with Crippen LogP contribution in [0.25, 0.3) is 0 Å². The summed E-state index contributed by atoms with van der Waals surface area (Å²) in [6.45, 7) is 3.20. The zero-order valence-corrected chi connectivity index (χ0v) is 20.2. The maximum atomic E-state index is 13.4. The van der Waals surface area contributed by atoms with Crippen LogP contribution in [0.3, 0.4) is 0 Å². The molecule has 1 fully saturated rings. The number of benzene rings is 2. The summed E-state index contributed by atoms with van der Waals surface area (Å²) in [4.78, 5) is 15.0. The fourth-order valence-electron chi connectivity index (χ4n) is 3.93. The van der Waals surface area contributed by atoms with Crippen molar-refractivity contribution in [1.82, 2.24) is 4.90 Å². The van der Waals surface area contributed by atoms with Crippen LogP contribution >= 0.6 is 11.6 Å². The number of carbonyl (C=O) groups excluding carboxylic acids is 1. The molecule has 174 valence electrons. The molecule has 1 saturated heterocycles. The Morgan fingerprint density at radius 1 is 1.03 bits per heavy atom. The third-order valence-electron chi connectivity index (χ3n) is 5.79.